The van der Waals surface area contributed by atoms with Crippen LogP contribution in [0, 0.1) is 0 Å². The minimum Gasteiger partial charge on any atom is -0.480 e. The lowest BCUT2D eigenvalue weighted by Crippen LogP contribution is -2.58. The van der Waals surface area contributed by atoms with Crippen molar-refractivity contribution in [3.05, 3.63) is 0 Å². The summed E-state index contributed by atoms with van der Waals surface area (Å²) in [6, 6.07) is -2.36. The van der Waals surface area contributed by atoms with Gasteiger partial charge < -0.3 is 20.4 Å². The second-order valence-corrected chi connectivity index (χ2v) is 3.35. The van der Waals surface area contributed by atoms with Gasteiger partial charge in [-0.25, -0.2) is 9.59 Å². The zero-order valence-electron chi connectivity index (χ0n) is 8.67. The normalized spacial score (nSPS) is 17.4. The van der Waals surface area contributed by atoms with Crippen molar-refractivity contribution < 1.29 is 29.4 Å². The van der Waals surface area contributed by atoms with E-state index in [1.54, 1.807) is 0 Å². The first kappa shape index (κ1) is 12.9. The maximum atomic E-state index is 11.5. The fraction of sp³-hybridized carbons (Fsp3) is 0.500. The van der Waals surface area contributed by atoms with Crippen molar-refractivity contribution in [2.24, 2.45) is 0 Å². The molecular weight excluding hydrogens is 234 g/mol. The lowest BCUT2D eigenvalue weighted by Gasteiger charge is -2.26. The molecule has 94 valence electrons. The Labute approximate surface area is 95.4 Å². The van der Waals surface area contributed by atoms with Crippen molar-refractivity contribution in [2.75, 3.05) is 19.7 Å². The number of aliphatic hydroxyl groups excluding tert-OH is 1. The van der Waals surface area contributed by atoms with Crippen LogP contribution in [0.1, 0.15) is 0 Å². The van der Waals surface area contributed by atoms with Gasteiger partial charge in [0.1, 0.15) is 13.1 Å². The van der Waals surface area contributed by atoms with Gasteiger partial charge in [0, 0.05) is 0 Å². The van der Waals surface area contributed by atoms with Crippen molar-refractivity contribution in [3.63, 3.8) is 0 Å². The van der Waals surface area contributed by atoms with Crippen LogP contribution in [0.5, 0.6) is 0 Å². The zero-order valence-corrected chi connectivity index (χ0v) is 8.67. The molecule has 0 spiro atoms. The molecule has 1 rings (SSSR count). The molecule has 1 aliphatic rings. The number of amides is 4. The largest absolute Gasteiger partial charge is 0.480 e. The number of hydrogen-bond acceptors (Lipinski definition) is 5. The Morgan fingerprint density at radius 3 is 2.29 bits per heavy atom. The molecule has 9 heteroatoms. The van der Waals surface area contributed by atoms with Crippen molar-refractivity contribution in [3.8, 4) is 0 Å². The number of carboxylic acids is 1. The predicted molar refractivity (Wildman–Crippen MR) is 51.8 cm³/mol. The highest BCUT2D eigenvalue weighted by atomic mass is 16.4. The Bertz CT molecular complexity index is 352. The van der Waals surface area contributed by atoms with E-state index in [2.05, 4.69) is 0 Å². The Balaban J connectivity index is 2.60. The molecule has 17 heavy (non-hydrogen) atoms. The Morgan fingerprint density at radius 2 is 1.88 bits per heavy atom. The van der Waals surface area contributed by atoms with Crippen LogP contribution >= 0.6 is 0 Å². The molecule has 4 amide bonds. The highest BCUT2D eigenvalue weighted by Crippen LogP contribution is 1.96. The number of carbonyl (C=O) groups excluding carboxylic acids is 3. The molecule has 0 aromatic heterocycles. The molecule has 1 aliphatic heterocycles. The lowest BCUT2D eigenvalue weighted by molar-refractivity contribution is -0.140. The Kier molecular flexibility index (Phi) is 3.99. The molecule has 1 heterocycles. The standard InChI is InChI=1S/C8H11N3O6/c12-3-4(7(15)16)9-8(17)11-1-5(13)10-6(14)2-11/h4,12H,1-3H2,(H,9,17)(H,15,16)(H,10,13,14)/t4-/m0/s1. The number of aliphatic hydroxyl groups is 1. The average Bonchev–Trinajstić information content (AvgIpc) is 2.23. The molecule has 0 unspecified atom stereocenters. The number of nitrogens with zero attached hydrogens (tertiary/aromatic N) is 1. The molecule has 0 aromatic rings. The fourth-order valence-corrected chi connectivity index (χ4v) is 1.21. The quantitative estimate of drug-likeness (QED) is 0.394. The second kappa shape index (κ2) is 5.25. The number of carbonyl (C=O) groups is 4. The molecule has 0 aliphatic carbocycles. The third-order valence-corrected chi connectivity index (χ3v) is 2.01. The molecule has 0 aromatic carbocycles. The van der Waals surface area contributed by atoms with Crippen molar-refractivity contribution in [2.45, 2.75) is 6.04 Å². The van der Waals surface area contributed by atoms with Crippen LogP contribution in [0.2, 0.25) is 0 Å². The van der Waals surface area contributed by atoms with E-state index in [1.165, 1.54) is 0 Å². The van der Waals surface area contributed by atoms with Gasteiger partial charge in [-0.1, -0.05) is 0 Å². The molecule has 1 saturated heterocycles. The molecule has 0 radical (unpaired) electrons. The summed E-state index contributed by atoms with van der Waals surface area (Å²) in [4.78, 5) is 44.8. The Morgan fingerprint density at radius 1 is 1.35 bits per heavy atom. The highest BCUT2D eigenvalue weighted by Gasteiger charge is 2.28. The fourth-order valence-electron chi connectivity index (χ4n) is 1.21. The Hall–Kier alpha value is -2.16. The average molecular weight is 245 g/mol. The number of aliphatic carboxylic acids is 1. The van der Waals surface area contributed by atoms with E-state index in [0.717, 1.165) is 4.90 Å². The van der Waals surface area contributed by atoms with Crippen LogP contribution in [-0.4, -0.2) is 64.7 Å². The maximum absolute atomic E-state index is 11.5. The third kappa shape index (κ3) is 3.41. The first-order valence-corrected chi connectivity index (χ1v) is 4.66. The molecule has 0 bridgehead atoms. The minimum atomic E-state index is -1.47. The van der Waals surface area contributed by atoms with Crippen molar-refractivity contribution >= 4 is 23.8 Å². The van der Waals surface area contributed by atoms with Gasteiger partial charge in [0.05, 0.1) is 6.61 Å². The SMILES string of the molecule is O=C1CN(C(=O)N[C@@H](CO)C(=O)O)CC(=O)N1. The molecule has 1 fully saturated rings. The minimum absolute atomic E-state index is 0.338. The van der Waals surface area contributed by atoms with Crippen LogP contribution in [0.4, 0.5) is 4.79 Å². The first-order valence-electron chi connectivity index (χ1n) is 4.66. The number of hydrogen-bond donors (Lipinski definition) is 4. The summed E-state index contributed by atoms with van der Waals surface area (Å²) in [7, 11) is 0. The summed E-state index contributed by atoms with van der Waals surface area (Å²) in [5.74, 6) is -2.70. The number of urea groups is 1. The molecular formula is C8H11N3O6. The van der Waals surface area contributed by atoms with Crippen LogP contribution in [0.25, 0.3) is 0 Å². The van der Waals surface area contributed by atoms with Crippen LogP contribution in [0.15, 0.2) is 0 Å². The van der Waals surface area contributed by atoms with Crippen LogP contribution in [0.3, 0.4) is 0 Å². The van der Waals surface area contributed by atoms with Crippen LogP contribution in [-0.2, 0) is 14.4 Å². The van der Waals surface area contributed by atoms with E-state index < -0.39 is 36.5 Å². The summed E-state index contributed by atoms with van der Waals surface area (Å²) in [5.41, 5.74) is 0. The van der Waals surface area contributed by atoms with Gasteiger partial charge in [0.2, 0.25) is 11.8 Å². The van der Waals surface area contributed by atoms with Gasteiger partial charge in [-0.2, -0.15) is 0 Å². The smallest absolute Gasteiger partial charge is 0.328 e. The predicted octanol–water partition coefficient (Wildman–Crippen LogP) is -2.90. The summed E-state index contributed by atoms with van der Waals surface area (Å²) in [6.07, 6.45) is 0. The second-order valence-electron chi connectivity index (χ2n) is 3.35. The number of nitrogens with one attached hydrogen (secondary N) is 2. The zero-order chi connectivity index (χ0) is 13.0. The number of rotatable bonds is 3. The summed E-state index contributed by atoms with van der Waals surface area (Å²) < 4.78 is 0. The lowest BCUT2D eigenvalue weighted by atomic mass is 10.3. The van der Waals surface area contributed by atoms with Crippen molar-refractivity contribution in [1.29, 1.82) is 0 Å². The van der Waals surface area contributed by atoms with E-state index in [-0.39, 0.29) is 13.1 Å². The van der Waals surface area contributed by atoms with E-state index in [0.29, 0.717) is 0 Å². The maximum Gasteiger partial charge on any atom is 0.328 e. The van der Waals surface area contributed by atoms with Crippen LogP contribution < -0.4 is 10.6 Å². The molecule has 4 N–H and O–H groups in total. The highest BCUT2D eigenvalue weighted by molar-refractivity contribution is 6.02. The van der Waals surface area contributed by atoms with Crippen molar-refractivity contribution in [1.82, 2.24) is 15.5 Å². The summed E-state index contributed by atoms with van der Waals surface area (Å²) in [5, 5.41) is 21.2. The van der Waals surface area contributed by atoms with E-state index in [4.69, 9.17) is 10.2 Å². The van der Waals surface area contributed by atoms with E-state index >= 15 is 0 Å². The van der Waals surface area contributed by atoms with Gasteiger partial charge in [0.25, 0.3) is 0 Å². The monoisotopic (exact) mass is 245 g/mol. The first-order chi connectivity index (χ1) is 7.93. The number of carboxylic acid groups (broad SMARTS) is 1. The molecule has 0 saturated carbocycles. The number of piperazine rings is 1. The molecule has 9 nitrogen and oxygen atoms in total. The van der Waals surface area contributed by atoms with Gasteiger partial charge in [-0.3, -0.25) is 14.9 Å². The topological polar surface area (TPSA) is 136 Å². The van der Waals surface area contributed by atoms with Gasteiger partial charge >= 0.3 is 12.0 Å². The van der Waals surface area contributed by atoms with E-state index in [9.17, 15) is 19.2 Å². The van der Waals surface area contributed by atoms with Gasteiger partial charge in [-0.05, 0) is 0 Å². The van der Waals surface area contributed by atoms with E-state index in [1.807, 2.05) is 10.6 Å². The third-order valence-electron chi connectivity index (χ3n) is 2.01. The molecule has 1 atom stereocenters. The van der Waals surface area contributed by atoms with Gasteiger partial charge in [-0.15, -0.1) is 0 Å². The summed E-state index contributed by atoms with van der Waals surface area (Å²) >= 11 is 0. The summed E-state index contributed by atoms with van der Waals surface area (Å²) in [6.45, 7) is -1.46. The van der Waals surface area contributed by atoms with Gasteiger partial charge in [0.15, 0.2) is 6.04 Å². The number of imide groups is 1.